The molecule has 1 aromatic carbocycles. The molecule has 0 radical (unpaired) electrons. The summed E-state index contributed by atoms with van der Waals surface area (Å²) < 4.78 is 4.93. The quantitative estimate of drug-likeness (QED) is 0.458. The van der Waals surface area contributed by atoms with Gasteiger partial charge < -0.3 is 4.74 Å². The molecule has 0 fully saturated rings. The standard InChI is InChI=1S/C13H14Cl2O3/c1-2-18-13(17)11-7-9(12(16)5-6-14)3-4-10(11)8-15/h3-4,7H,2,5-6,8H2,1H3. The number of ether oxygens (including phenoxy) is 1. The van der Waals surface area contributed by atoms with Crippen LogP contribution in [0.15, 0.2) is 18.2 Å². The fourth-order valence-electron chi connectivity index (χ4n) is 1.50. The zero-order valence-electron chi connectivity index (χ0n) is 10.0. The third-order valence-electron chi connectivity index (χ3n) is 2.39. The van der Waals surface area contributed by atoms with Crippen molar-refractivity contribution in [3.8, 4) is 0 Å². The Hall–Kier alpha value is -1.06. The van der Waals surface area contributed by atoms with Crippen LogP contribution in [0.25, 0.3) is 0 Å². The van der Waals surface area contributed by atoms with E-state index in [1.165, 1.54) is 6.07 Å². The minimum absolute atomic E-state index is 0.100. The molecule has 0 saturated carbocycles. The highest BCUT2D eigenvalue weighted by Gasteiger charge is 2.15. The number of ketones is 1. The molecule has 0 aliphatic rings. The Bertz CT molecular complexity index is 444. The van der Waals surface area contributed by atoms with Gasteiger partial charge in [0, 0.05) is 23.7 Å². The summed E-state index contributed by atoms with van der Waals surface area (Å²) in [6.45, 7) is 2.00. The molecule has 98 valence electrons. The summed E-state index contributed by atoms with van der Waals surface area (Å²) >= 11 is 11.3. The van der Waals surface area contributed by atoms with E-state index in [4.69, 9.17) is 27.9 Å². The van der Waals surface area contributed by atoms with E-state index in [-0.39, 0.29) is 30.6 Å². The summed E-state index contributed by atoms with van der Waals surface area (Å²) in [5.74, 6) is -0.117. The Morgan fingerprint density at radius 3 is 2.56 bits per heavy atom. The molecule has 0 aliphatic heterocycles. The van der Waals surface area contributed by atoms with Crippen molar-refractivity contribution >= 4 is 35.0 Å². The third kappa shape index (κ3) is 3.72. The summed E-state index contributed by atoms with van der Waals surface area (Å²) in [6.07, 6.45) is 0.240. The molecule has 0 N–H and O–H groups in total. The van der Waals surface area contributed by atoms with E-state index in [1.54, 1.807) is 19.1 Å². The van der Waals surface area contributed by atoms with Crippen LogP contribution in [0.5, 0.6) is 0 Å². The lowest BCUT2D eigenvalue weighted by Crippen LogP contribution is -2.10. The Morgan fingerprint density at radius 1 is 1.28 bits per heavy atom. The summed E-state index contributed by atoms with van der Waals surface area (Å²) in [5.41, 5.74) is 1.44. The number of carbonyl (C=O) groups excluding carboxylic acids is 2. The van der Waals surface area contributed by atoms with Crippen LogP contribution in [0.2, 0.25) is 0 Å². The van der Waals surface area contributed by atoms with Gasteiger partial charge in [0.05, 0.1) is 12.2 Å². The normalized spacial score (nSPS) is 10.2. The zero-order chi connectivity index (χ0) is 13.5. The Labute approximate surface area is 116 Å². The van der Waals surface area contributed by atoms with Crippen molar-refractivity contribution in [2.24, 2.45) is 0 Å². The minimum Gasteiger partial charge on any atom is -0.462 e. The van der Waals surface area contributed by atoms with Gasteiger partial charge in [-0.3, -0.25) is 4.79 Å². The lowest BCUT2D eigenvalue weighted by molar-refractivity contribution is 0.0525. The molecule has 1 aromatic rings. The molecule has 0 unspecified atom stereocenters. The number of halogens is 2. The van der Waals surface area contributed by atoms with Crippen molar-refractivity contribution in [3.63, 3.8) is 0 Å². The maximum absolute atomic E-state index is 11.7. The first-order chi connectivity index (χ1) is 8.63. The van der Waals surface area contributed by atoms with Crippen LogP contribution in [0, 0.1) is 0 Å². The molecule has 0 aromatic heterocycles. The fourth-order valence-corrected chi connectivity index (χ4v) is 1.90. The van der Waals surface area contributed by atoms with E-state index >= 15 is 0 Å². The van der Waals surface area contributed by atoms with Crippen molar-refractivity contribution in [2.45, 2.75) is 19.2 Å². The van der Waals surface area contributed by atoms with Gasteiger partial charge in [-0.15, -0.1) is 23.2 Å². The monoisotopic (exact) mass is 288 g/mol. The van der Waals surface area contributed by atoms with Crippen LogP contribution in [-0.4, -0.2) is 24.2 Å². The van der Waals surface area contributed by atoms with Crippen LogP contribution in [0.1, 0.15) is 39.6 Å². The number of hydrogen-bond acceptors (Lipinski definition) is 3. The molecule has 0 amide bonds. The smallest absolute Gasteiger partial charge is 0.338 e. The molecule has 18 heavy (non-hydrogen) atoms. The largest absolute Gasteiger partial charge is 0.462 e. The molecule has 0 heterocycles. The Kier molecular flexibility index (Phi) is 6.16. The highest BCUT2D eigenvalue weighted by molar-refractivity contribution is 6.19. The molecule has 5 heteroatoms. The minimum atomic E-state index is -0.464. The number of rotatable bonds is 6. The van der Waals surface area contributed by atoms with Crippen LogP contribution < -0.4 is 0 Å². The summed E-state index contributed by atoms with van der Waals surface area (Å²) in [5, 5.41) is 0. The van der Waals surface area contributed by atoms with Crippen LogP contribution in [-0.2, 0) is 10.6 Å². The van der Waals surface area contributed by atoms with Crippen molar-refractivity contribution in [1.82, 2.24) is 0 Å². The van der Waals surface area contributed by atoms with Crippen molar-refractivity contribution in [1.29, 1.82) is 0 Å². The van der Waals surface area contributed by atoms with Crippen molar-refractivity contribution in [3.05, 3.63) is 34.9 Å². The maximum Gasteiger partial charge on any atom is 0.338 e. The van der Waals surface area contributed by atoms with Crippen LogP contribution >= 0.6 is 23.2 Å². The lowest BCUT2D eigenvalue weighted by Gasteiger charge is -2.08. The van der Waals surface area contributed by atoms with Gasteiger partial charge in [0.15, 0.2) is 5.78 Å². The number of carbonyl (C=O) groups is 2. The molecule has 0 aliphatic carbocycles. The fraction of sp³-hybridized carbons (Fsp3) is 0.385. The Balaban J connectivity index is 3.09. The maximum atomic E-state index is 11.7. The van der Waals surface area contributed by atoms with E-state index in [0.717, 1.165) is 0 Å². The molecular weight excluding hydrogens is 275 g/mol. The van der Waals surface area contributed by atoms with Crippen molar-refractivity contribution < 1.29 is 14.3 Å². The van der Waals surface area contributed by atoms with E-state index in [1.807, 2.05) is 0 Å². The average Bonchev–Trinajstić information content (AvgIpc) is 2.38. The number of esters is 1. The van der Waals surface area contributed by atoms with Gasteiger partial charge in [-0.2, -0.15) is 0 Å². The van der Waals surface area contributed by atoms with Gasteiger partial charge in [-0.1, -0.05) is 12.1 Å². The first-order valence-electron chi connectivity index (χ1n) is 5.59. The van der Waals surface area contributed by atoms with Gasteiger partial charge in [0.2, 0.25) is 0 Å². The molecule has 1 rings (SSSR count). The molecule has 0 spiro atoms. The predicted molar refractivity (Wildman–Crippen MR) is 71.6 cm³/mol. The zero-order valence-corrected chi connectivity index (χ0v) is 11.6. The second kappa shape index (κ2) is 7.39. The molecule has 0 bridgehead atoms. The number of Topliss-reactive ketones (excluding diaryl/α,β-unsaturated/α-hetero) is 1. The second-order valence-electron chi connectivity index (χ2n) is 3.59. The van der Waals surface area contributed by atoms with Gasteiger partial charge >= 0.3 is 5.97 Å². The van der Waals surface area contributed by atoms with Gasteiger partial charge in [-0.05, 0) is 18.6 Å². The number of hydrogen-bond donors (Lipinski definition) is 0. The highest BCUT2D eigenvalue weighted by atomic mass is 35.5. The van der Waals surface area contributed by atoms with Gasteiger partial charge in [0.25, 0.3) is 0 Å². The molecule has 0 atom stereocenters. The third-order valence-corrected chi connectivity index (χ3v) is 2.87. The SMILES string of the molecule is CCOC(=O)c1cc(C(=O)CCCl)ccc1CCl. The topological polar surface area (TPSA) is 43.4 Å². The van der Waals surface area contributed by atoms with Gasteiger partial charge in [0.1, 0.15) is 0 Å². The van der Waals surface area contributed by atoms with E-state index in [0.29, 0.717) is 16.7 Å². The lowest BCUT2D eigenvalue weighted by atomic mass is 10.0. The molecule has 0 saturated heterocycles. The van der Waals surface area contributed by atoms with E-state index < -0.39 is 5.97 Å². The predicted octanol–water partition coefficient (Wildman–Crippen LogP) is 3.41. The molecule has 3 nitrogen and oxygen atoms in total. The average molecular weight is 289 g/mol. The highest BCUT2D eigenvalue weighted by Crippen LogP contribution is 2.17. The summed E-state index contributed by atoms with van der Waals surface area (Å²) in [7, 11) is 0. The Morgan fingerprint density at radius 2 is 2.00 bits per heavy atom. The molecular formula is C13H14Cl2O3. The van der Waals surface area contributed by atoms with E-state index in [9.17, 15) is 9.59 Å². The number of alkyl halides is 2. The van der Waals surface area contributed by atoms with Crippen molar-refractivity contribution in [2.75, 3.05) is 12.5 Å². The summed E-state index contributed by atoms with van der Waals surface area (Å²) in [4.78, 5) is 23.4. The van der Waals surface area contributed by atoms with E-state index in [2.05, 4.69) is 0 Å². The first kappa shape index (κ1) is 15.0. The van der Waals surface area contributed by atoms with Crippen LogP contribution in [0.4, 0.5) is 0 Å². The summed E-state index contributed by atoms with van der Waals surface area (Å²) in [6, 6.07) is 4.83. The van der Waals surface area contributed by atoms with Gasteiger partial charge in [-0.25, -0.2) is 4.79 Å². The first-order valence-corrected chi connectivity index (χ1v) is 6.66. The second-order valence-corrected chi connectivity index (χ2v) is 4.23. The van der Waals surface area contributed by atoms with Crippen LogP contribution in [0.3, 0.4) is 0 Å². The number of benzene rings is 1.